The van der Waals surface area contributed by atoms with Crippen molar-refractivity contribution < 1.29 is 45.4 Å². The highest BCUT2D eigenvalue weighted by atomic mass is 32.2. The molecule has 3 aromatic carbocycles. The lowest BCUT2D eigenvalue weighted by atomic mass is 10.2. The number of sulfonamides is 2. The van der Waals surface area contributed by atoms with Crippen molar-refractivity contribution in [2.75, 3.05) is 52.6 Å². The highest BCUT2D eigenvalue weighted by Gasteiger charge is 2.28. The minimum absolute atomic E-state index is 0.0251. The summed E-state index contributed by atoms with van der Waals surface area (Å²) >= 11 is 0. The maximum atomic E-state index is 12.9. The number of hydrogen-bond acceptors (Lipinski definition) is 10. The fourth-order valence-electron chi connectivity index (χ4n) is 4.35. The van der Waals surface area contributed by atoms with Crippen LogP contribution >= 0.6 is 0 Å². The fourth-order valence-corrected chi connectivity index (χ4v) is 7.26. The maximum Gasteiger partial charge on any atom is 0.343 e. The van der Waals surface area contributed by atoms with Crippen molar-refractivity contribution in [1.82, 2.24) is 8.61 Å². The molecule has 2 aliphatic rings. The predicted octanol–water partition coefficient (Wildman–Crippen LogP) is 2.17. The standard InChI is InChI=1S/C28H28N2O10S2/c31-27(21-3-1-5-25(19-21)41(33,34)29-11-15-37-16-12-29)39-23-7-9-24(10-8-23)40-28(32)22-4-2-6-26(20-22)42(35,36)30-13-17-38-18-14-30/h1-10,19-20H,11-18H2. The van der Waals surface area contributed by atoms with Gasteiger partial charge in [0, 0.05) is 26.2 Å². The second-order valence-electron chi connectivity index (χ2n) is 9.34. The number of morpholine rings is 2. The van der Waals surface area contributed by atoms with Crippen LogP contribution in [0.5, 0.6) is 11.5 Å². The lowest BCUT2D eigenvalue weighted by Crippen LogP contribution is -2.40. The third-order valence-corrected chi connectivity index (χ3v) is 10.4. The molecule has 2 aliphatic heterocycles. The average Bonchev–Trinajstić information content (AvgIpc) is 3.03. The van der Waals surface area contributed by atoms with Crippen LogP contribution in [0.15, 0.2) is 82.6 Å². The van der Waals surface area contributed by atoms with Crippen LogP contribution in [0.2, 0.25) is 0 Å². The number of esters is 2. The summed E-state index contributed by atoms with van der Waals surface area (Å²) in [7, 11) is -7.58. The number of ether oxygens (including phenoxy) is 4. The lowest BCUT2D eigenvalue weighted by molar-refractivity contribution is 0.0718. The Hall–Kier alpha value is -3.66. The van der Waals surface area contributed by atoms with Gasteiger partial charge in [0.05, 0.1) is 47.3 Å². The van der Waals surface area contributed by atoms with Crippen molar-refractivity contribution in [1.29, 1.82) is 0 Å². The zero-order valence-corrected chi connectivity index (χ0v) is 24.0. The number of carbonyl (C=O) groups is 2. The van der Waals surface area contributed by atoms with Gasteiger partial charge in [0.2, 0.25) is 20.0 Å². The molecule has 3 aromatic rings. The minimum atomic E-state index is -3.79. The molecule has 5 rings (SSSR count). The summed E-state index contributed by atoms with van der Waals surface area (Å²) in [6.45, 7) is 2.12. The van der Waals surface area contributed by atoms with Crippen LogP contribution in [0, 0.1) is 0 Å². The van der Waals surface area contributed by atoms with E-state index in [1.807, 2.05) is 0 Å². The summed E-state index contributed by atoms with van der Waals surface area (Å²) in [5.41, 5.74) is 0.0958. The number of hydrogen-bond donors (Lipinski definition) is 0. The van der Waals surface area contributed by atoms with Crippen LogP contribution in [0.1, 0.15) is 20.7 Å². The normalized spacial score (nSPS) is 17.0. The molecule has 0 saturated carbocycles. The Morgan fingerprint density at radius 2 is 0.929 bits per heavy atom. The Bertz CT molecular complexity index is 1540. The van der Waals surface area contributed by atoms with E-state index in [9.17, 15) is 26.4 Å². The van der Waals surface area contributed by atoms with Gasteiger partial charge in [-0.15, -0.1) is 0 Å². The maximum absolute atomic E-state index is 12.9. The first-order valence-electron chi connectivity index (χ1n) is 13.0. The van der Waals surface area contributed by atoms with Gasteiger partial charge in [-0.25, -0.2) is 26.4 Å². The second kappa shape index (κ2) is 12.7. The summed E-state index contributed by atoms with van der Waals surface area (Å²) in [6, 6.07) is 16.8. The molecule has 0 radical (unpaired) electrons. The van der Waals surface area contributed by atoms with Crippen LogP contribution in [-0.4, -0.2) is 90.0 Å². The topological polar surface area (TPSA) is 146 Å². The molecule has 14 heteroatoms. The van der Waals surface area contributed by atoms with Gasteiger partial charge < -0.3 is 18.9 Å². The molecule has 2 fully saturated rings. The van der Waals surface area contributed by atoms with Gasteiger partial charge in [-0.1, -0.05) is 12.1 Å². The molecule has 12 nitrogen and oxygen atoms in total. The van der Waals surface area contributed by atoms with Crippen molar-refractivity contribution >= 4 is 32.0 Å². The Morgan fingerprint density at radius 1 is 0.571 bits per heavy atom. The highest BCUT2D eigenvalue weighted by molar-refractivity contribution is 7.89. The first-order chi connectivity index (χ1) is 20.1. The monoisotopic (exact) mass is 616 g/mol. The van der Waals surface area contributed by atoms with Crippen LogP contribution in [-0.2, 0) is 29.5 Å². The number of carbonyl (C=O) groups excluding carboxylic acids is 2. The van der Waals surface area contributed by atoms with Crippen molar-refractivity contribution in [3.05, 3.63) is 83.9 Å². The molecule has 0 aliphatic carbocycles. The van der Waals surface area contributed by atoms with Gasteiger partial charge in [0.1, 0.15) is 11.5 Å². The molecule has 222 valence electrons. The van der Waals surface area contributed by atoms with Crippen LogP contribution in [0.3, 0.4) is 0 Å². The van der Waals surface area contributed by atoms with Gasteiger partial charge in [-0.05, 0) is 60.7 Å². The molecule has 0 unspecified atom stereocenters. The summed E-state index contributed by atoms with van der Waals surface area (Å²) < 4.78 is 75.5. The quantitative estimate of drug-likeness (QED) is 0.273. The molecule has 42 heavy (non-hydrogen) atoms. The molecule has 0 aromatic heterocycles. The van der Waals surface area contributed by atoms with E-state index in [1.54, 1.807) is 0 Å². The molecule has 0 bridgehead atoms. The lowest BCUT2D eigenvalue weighted by Gasteiger charge is -2.26. The Balaban J connectivity index is 1.22. The zero-order chi connectivity index (χ0) is 29.7. The second-order valence-corrected chi connectivity index (χ2v) is 13.2. The molecule has 0 N–H and O–H groups in total. The Kier molecular flexibility index (Phi) is 9.01. The SMILES string of the molecule is O=C(Oc1ccc(OC(=O)c2cccc(S(=O)(=O)N3CCOCC3)c2)cc1)c1cccc(S(=O)(=O)N2CCOCC2)c1. The molecular weight excluding hydrogens is 588 g/mol. The first kappa shape index (κ1) is 29.8. The van der Waals surface area contributed by atoms with E-state index in [0.717, 1.165) is 0 Å². The molecule has 2 saturated heterocycles. The third-order valence-electron chi connectivity index (χ3n) is 6.60. The van der Waals surface area contributed by atoms with Gasteiger partial charge in [-0.3, -0.25) is 0 Å². The first-order valence-corrected chi connectivity index (χ1v) is 15.9. The van der Waals surface area contributed by atoms with E-state index >= 15 is 0 Å². The molecule has 0 spiro atoms. The number of nitrogens with zero attached hydrogens (tertiary/aromatic N) is 2. The van der Waals surface area contributed by atoms with E-state index in [-0.39, 0.29) is 58.6 Å². The number of rotatable bonds is 8. The van der Waals surface area contributed by atoms with E-state index in [2.05, 4.69) is 0 Å². The summed E-state index contributed by atoms with van der Waals surface area (Å²) in [4.78, 5) is 25.4. The summed E-state index contributed by atoms with van der Waals surface area (Å²) in [5, 5.41) is 0. The summed E-state index contributed by atoms with van der Waals surface area (Å²) in [5.74, 6) is -1.26. The highest BCUT2D eigenvalue weighted by Crippen LogP contribution is 2.23. The Morgan fingerprint density at radius 3 is 1.29 bits per heavy atom. The Labute approximate surface area is 243 Å². The zero-order valence-electron chi connectivity index (χ0n) is 22.4. The molecule has 2 heterocycles. The van der Waals surface area contributed by atoms with Crippen molar-refractivity contribution in [3.8, 4) is 11.5 Å². The molecule has 0 atom stereocenters. The van der Waals surface area contributed by atoms with E-state index < -0.39 is 32.0 Å². The van der Waals surface area contributed by atoms with Crippen molar-refractivity contribution in [2.45, 2.75) is 9.79 Å². The predicted molar refractivity (Wildman–Crippen MR) is 148 cm³/mol. The van der Waals surface area contributed by atoms with Gasteiger partial charge in [0.15, 0.2) is 0 Å². The van der Waals surface area contributed by atoms with Gasteiger partial charge in [-0.2, -0.15) is 8.61 Å². The van der Waals surface area contributed by atoms with Crippen LogP contribution in [0.4, 0.5) is 0 Å². The molecular formula is C28H28N2O10S2. The number of benzene rings is 3. The fraction of sp³-hybridized carbons (Fsp3) is 0.286. The summed E-state index contributed by atoms with van der Waals surface area (Å²) in [6.07, 6.45) is 0. The smallest absolute Gasteiger partial charge is 0.343 e. The van der Waals surface area contributed by atoms with Gasteiger partial charge in [0.25, 0.3) is 0 Å². The minimum Gasteiger partial charge on any atom is -0.423 e. The third kappa shape index (κ3) is 6.69. The van der Waals surface area contributed by atoms with Crippen LogP contribution < -0.4 is 9.47 Å². The van der Waals surface area contributed by atoms with E-state index in [0.29, 0.717) is 26.4 Å². The van der Waals surface area contributed by atoms with Crippen molar-refractivity contribution in [2.24, 2.45) is 0 Å². The van der Waals surface area contributed by atoms with E-state index in [1.165, 1.54) is 81.4 Å². The molecule has 0 amide bonds. The van der Waals surface area contributed by atoms with Crippen LogP contribution in [0.25, 0.3) is 0 Å². The average molecular weight is 617 g/mol. The van der Waals surface area contributed by atoms with E-state index in [4.69, 9.17) is 18.9 Å². The largest absolute Gasteiger partial charge is 0.423 e. The van der Waals surface area contributed by atoms with Crippen molar-refractivity contribution in [3.63, 3.8) is 0 Å². The van der Waals surface area contributed by atoms with Gasteiger partial charge >= 0.3 is 11.9 Å².